The molecule has 2 amide bonds. The van der Waals surface area contributed by atoms with Gasteiger partial charge < -0.3 is 20.0 Å². The molecule has 1 aliphatic carbocycles. The van der Waals surface area contributed by atoms with E-state index in [2.05, 4.69) is 0 Å². The lowest BCUT2D eigenvalue weighted by Crippen LogP contribution is -2.43. The zero-order chi connectivity index (χ0) is 20.3. The molecular weight excluding hydrogens is 360 g/mol. The molecule has 0 radical (unpaired) electrons. The molecule has 2 aliphatic rings. The SMILES string of the molecule is CC(=O)N(CC(=O)O)C1CCCN(C(=O)c2ccc3c(c2O)CCCC3)CC1. The molecule has 0 bridgehead atoms. The Morgan fingerprint density at radius 3 is 2.57 bits per heavy atom. The molecule has 1 unspecified atom stereocenters. The second kappa shape index (κ2) is 8.63. The number of aromatic hydroxyl groups is 1. The maximum absolute atomic E-state index is 13.0. The number of carboxylic acid groups (broad SMARTS) is 1. The van der Waals surface area contributed by atoms with E-state index in [1.807, 2.05) is 6.07 Å². The monoisotopic (exact) mass is 388 g/mol. The molecule has 7 nitrogen and oxygen atoms in total. The molecule has 2 N–H and O–H groups in total. The number of carbonyl (C=O) groups excluding carboxylic acids is 2. The van der Waals surface area contributed by atoms with E-state index in [-0.39, 0.29) is 30.2 Å². The van der Waals surface area contributed by atoms with E-state index in [4.69, 9.17) is 5.11 Å². The summed E-state index contributed by atoms with van der Waals surface area (Å²) in [5.41, 5.74) is 2.36. The number of benzene rings is 1. The Bertz CT molecular complexity index is 776. The molecule has 7 heteroatoms. The topological polar surface area (TPSA) is 98.2 Å². The fraction of sp³-hybridized carbons (Fsp3) is 0.571. The third-order valence-electron chi connectivity index (χ3n) is 5.87. The molecule has 1 aromatic rings. The predicted molar refractivity (Wildman–Crippen MR) is 103 cm³/mol. The van der Waals surface area contributed by atoms with E-state index >= 15 is 0 Å². The van der Waals surface area contributed by atoms with Gasteiger partial charge in [0.05, 0.1) is 5.56 Å². The standard InChI is InChI=1S/C21H28N2O5/c1-14(24)23(13-19(25)26)16-6-4-11-22(12-10-16)21(28)18-9-8-15-5-2-3-7-17(15)20(18)27/h8-9,16,27H,2-7,10-13H2,1H3,(H,25,26). The van der Waals surface area contributed by atoms with Gasteiger partial charge in [0.2, 0.25) is 5.91 Å². The zero-order valence-electron chi connectivity index (χ0n) is 16.3. The summed E-state index contributed by atoms with van der Waals surface area (Å²) in [6, 6.07) is 3.48. The van der Waals surface area contributed by atoms with E-state index in [0.717, 1.165) is 36.8 Å². The third kappa shape index (κ3) is 4.29. The van der Waals surface area contributed by atoms with E-state index in [0.29, 0.717) is 37.9 Å². The first kappa shape index (κ1) is 20.2. The quantitative estimate of drug-likeness (QED) is 0.824. The largest absolute Gasteiger partial charge is 0.507 e. The number of carboxylic acids is 1. The van der Waals surface area contributed by atoms with E-state index in [1.54, 1.807) is 11.0 Å². The van der Waals surface area contributed by atoms with Crippen LogP contribution in [-0.4, -0.2) is 63.5 Å². The van der Waals surface area contributed by atoms with Crippen LogP contribution in [0.4, 0.5) is 0 Å². The number of aliphatic carboxylic acids is 1. The Kier molecular flexibility index (Phi) is 6.21. The van der Waals surface area contributed by atoms with Gasteiger partial charge in [-0.1, -0.05) is 6.07 Å². The number of nitrogens with zero attached hydrogens (tertiary/aromatic N) is 2. The van der Waals surface area contributed by atoms with Gasteiger partial charge in [-0.15, -0.1) is 0 Å². The number of phenols is 1. The molecule has 0 aromatic heterocycles. The van der Waals surface area contributed by atoms with Crippen LogP contribution in [0, 0.1) is 0 Å². The Labute approximate surface area is 164 Å². The summed E-state index contributed by atoms with van der Waals surface area (Å²) in [5.74, 6) is -1.38. The van der Waals surface area contributed by atoms with Gasteiger partial charge >= 0.3 is 5.97 Å². The van der Waals surface area contributed by atoms with Crippen LogP contribution in [-0.2, 0) is 22.4 Å². The van der Waals surface area contributed by atoms with Gasteiger partial charge in [0, 0.05) is 26.1 Å². The van der Waals surface area contributed by atoms with Crippen LogP contribution in [0.2, 0.25) is 0 Å². The Morgan fingerprint density at radius 1 is 1.11 bits per heavy atom. The number of amides is 2. The second-order valence-electron chi connectivity index (χ2n) is 7.72. The number of rotatable bonds is 4. The average molecular weight is 388 g/mol. The number of hydrogen-bond acceptors (Lipinski definition) is 4. The van der Waals surface area contributed by atoms with Crippen molar-refractivity contribution in [1.82, 2.24) is 9.80 Å². The Hall–Kier alpha value is -2.57. The van der Waals surface area contributed by atoms with Gasteiger partial charge in [0.25, 0.3) is 5.91 Å². The first-order chi connectivity index (χ1) is 13.4. The number of likely N-dealkylation sites (tertiary alicyclic amines) is 1. The van der Waals surface area contributed by atoms with Crippen LogP contribution in [0.15, 0.2) is 12.1 Å². The molecule has 0 saturated carbocycles. The number of fused-ring (bicyclic) bond motifs is 1. The number of aryl methyl sites for hydroxylation is 1. The minimum Gasteiger partial charge on any atom is -0.507 e. The molecule has 1 aliphatic heterocycles. The number of hydrogen-bond donors (Lipinski definition) is 2. The maximum Gasteiger partial charge on any atom is 0.323 e. The minimum absolute atomic E-state index is 0.110. The highest BCUT2D eigenvalue weighted by Gasteiger charge is 2.29. The molecule has 3 rings (SSSR count). The van der Waals surface area contributed by atoms with E-state index in [9.17, 15) is 19.5 Å². The second-order valence-corrected chi connectivity index (χ2v) is 7.72. The summed E-state index contributed by atoms with van der Waals surface area (Å²) in [6.07, 6.45) is 5.74. The average Bonchev–Trinajstić information content (AvgIpc) is 2.92. The minimum atomic E-state index is -1.04. The highest BCUT2D eigenvalue weighted by atomic mass is 16.4. The van der Waals surface area contributed by atoms with Crippen molar-refractivity contribution in [2.24, 2.45) is 0 Å². The lowest BCUT2D eigenvalue weighted by atomic mass is 9.89. The molecule has 28 heavy (non-hydrogen) atoms. The summed E-state index contributed by atoms with van der Waals surface area (Å²) in [4.78, 5) is 39.1. The summed E-state index contributed by atoms with van der Waals surface area (Å²) in [5, 5.41) is 19.7. The van der Waals surface area contributed by atoms with Crippen LogP contribution in [0.3, 0.4) is 0 Å². The van der Waals surface area contributed by atoms with Gasteiger partial charge in [0.1, 0.15) is 12.3 Å². The molecule has 1 saturated heterocycles. The van der Waals surface area contributed by atoms with E-state index in [1.165, 1.54) is 11.8 Å². The van der Waals surface area contributed by atoms with Crippen molar-refractivity contribution < 1.29 is 24.6 Å². The molecular formula is C21H28N2O5. The fourth-order valence-corrected chi connectivity index (χ4v) is 4.39. The number of phenolic OH excluding ortho intramolecular Hbond substituents is 1. The van der Waals surface area contributed by atoms with Crippen LogP contribution in [0.1, 0.15) is 60.5 Å². The van der Waals surface area contributed by atoms with Crippen molar-refractivity contribution in [3.05, 3.63) is 28.8 Å². The van der Waals surface area contributed by atoms with Crippen molar-refractivity contribution in [2.45, 2.75) is 57.9 Å². The summed E-state index contributed by atoms with van der Waals surface area (Å²) in [7, 11) is 0. The van der Waals surface area contributed by atoms with Gasteiger partial charge in [-0.2, -0.15) is 0 Å². The Balaban J connectivity index is 1.72. The number of carbonyl (C=O) groups is 3. The highest BCUT2D eigenvalue weighted by Crippen LogP contribution is 2.33. The van der Waals surface area contributed by atoms with Gasteiger partial charge in [-0.3, -0.25) is 14.4 Å². The highest BCUT2D eigenvalue weighted by molar-refractivity contribution is 5.97. The van der Waals surface area contributed by atoms with Crippen molar-refractivity contribution in [1.29, 1.82) is 0 Å². The molecule has 1 heterocycles. The fourth-order valence-electron chi connectivity index (χ4n) is 4.39. The zero-order valence-corrected chi connectivity index (χ0v) is 16.3. The lowest BCUT2D eigenvalue weighted by molar-refractivity contribution is -0.145. The van der Waals surface area contributed by atoms with E-state index < -0.39 is 5.97 Å². The molecule has 1 atom stereocenters. The van der Waals surface area contributed by atoms with Crippen LogP contribution >= 0.6 is 0 Å². The maximum atomic E-state index is 13.0. The van der Waals surface area contributed by atoms with Crippen LogP contribution < -0.4 is 0 Å². The smallest absolute Gasteiger partial charge is 0.323 e. The van der Waals surface area contributed by atoms with Gasteiger partial charge in [-0.25, -0.2) is 0 Å². The molecule has 0 spiro atoms. The first-order valence-corrected chi connectivity index (χ1v) is 10.0. The summed E-state index contributed by atoms with van der Waals surface area (Å²) < 4.78 is 0. The van der Waals surface area contributed by atoms with Crippen molar-refractivity contribution >= 4 is 17.8 Å². The summed E-state index contributed by atoms with van der Waals surface area (Å²) in [6.45, 7) is 2.02. The van der Waals surface area contributed by atoms with Crippen molar-refractivity contribution in [2.75, 3.05) is 19.6 Å². The van der Waals surface area contributed by atoms with Gasteiger partial charge in [0.15, 0.2) is 0 Å². The van der Waals surface area contributed by atoms with Crippen molar-refractivity contribution in [3.8, 4) is 5.75 Å². The van der Waals surface area contributed by atoms with Gasteiger partial charge in [-0.05, 0) is 62.1 Å². The van der Waals surface area contributed by atoms with Crippen LogP contribution in [0.25, 0.3) is 0 Å². The molecule has 1 fully saturated rings. The third-order valence-corrected chi connectivity index (χ3v) is 5.87. The normalized spacial score (nSPS) is 19.5. The lowest BCUT2D eigenvalue weighted by Gasteiger charge is -2.29. The molecule has 1 aromatic carbocycles. The Morgan fingerprint density at radius 2 is 1.86 bits per heavy atom. The van der Waals surface area contributed by atoms with Crippen LogP contribution in [0.5, 0.6) is 5.75 Å². The molecule has 152 valence electrons. The summed E-state index contributed by atoms with van der Waals surface area (Å²) >= 11 is 0. The van der Waals surface area contributed by atoms with Crippen molar-refractivity contribution in [3.63, 3.8) is 0 Å². The predicted octanol–water partition coefficient (Wildman–Crippen LogP) is 2.20. The first-order valence-electron chi connectivity index (χ1n) is 10.0.